The third-order valence-corrected chi connectivity index (χ3v) is 3.96. The van der Waals surface area contributed by atoms with Crippen molar-refractivity contribution in [2.75, 3.05) is 19.8 Å². The number of aromatic nitrogens is 2. The number of benzene rings is 1. The number of nitrogens with one attached hydrogen (secondary N) is 2. The van der Waals surface area contributed by atoms with Gasteiger partial charge in [0.2, 0.25) is 0 Å². The number of aryl methyl sites for hydroxylation is 1. The van der Waals surface area contributed by atoms with E-state index in [2.05, 4.69) is 9.97 Å². The number of para-hydroxylation sites is 1. The highest BCUT2D eigenvalue weighted by atomic mass is 16.6. The van der Waals surface area contributed by atoms with E-state index in [-0.39, 0.29) is 18.0 Å². The van der Waals surface area contributed by atoms with Crippen LogP contribution in [-0.2, 0) is 9.47 Å². The van der Waals surface area contributed by atoms with Gasteiger partial charge in [0.15, 0.2) is 11.5 Å². The fourth-order valence-corrected chi connectivity index (χ4v) is 2.59. The molecule has 0 atom stereocenters. The summed E-state index contributed by atoms with van der Waals surface area (Å²) in [6.07, 6.45) is 3.82. The van der Waals surface area contributed by atoms with Gasteiger partial charge in [-0.3, -0.25) is 0 Å². The van der Waals surface area contributed by atoms with Gasteiger partial charge in [-0.15, -0.1) is 0 Å². The Morgan fingerprint density at radius 3 is 2.73 bits per heavy atom. The molecule has 0 aliphatic heterocycles. The quantitative estimate of drug-likeness (QED) is 0.224. The molecule has 0 aliphatic carbocycles. The van der Waals surface area contributed by atoms with Gasteiger partial charge in [0, 0.05) is 17.7 Å². The summed E-state index contributed by atoms with van der Waals surface area (Å²) < 4.78 is 16.0. The highest BCUT2D eigenvalue weighted by molar-refractivity contribution is 6.10. The second-order valence-electron chi connectivity index (χ2n) is 7.06. The van der Waals surface area contributed by atoms with E-state index in [4.69, 9.17) is 19.6 Å². The number of ether oxygens (including phenoxy) is 3. The van der Waals surface area contributed by atoms with E-state index in [9.17, 15) is 9.90 Å². The Bertz CT molecular complexity index is 896. The molecule has 0 unspecified atom stereocenters. The van der Waals surface area contributed by atoms with E-state index >= 15 is 0 Å². The van der Waals surface area contributed by atoms with Crippen LogP contribution in [0, 0.1) is 12.3 Å². The molecule has 2 aromatic rings. The first-order valence-electron chi connectivity index (χ1n) is 9.80. The average molecular weight is 415 g/mol. The van der Waals surface area contributed by atoms with Crippen molar-refractivity contribution in [2.24, 2.45) is 0 Å². The minimum atomic E-state index is -1.16. The number of aliphatic hydroxyl groups is 1. The topological polar surface area (TPSA) is 118 Å². The zero-order chi connectivity index (χ0) is 22.1. The Morgan fingerprint density at radius 2 is 2.03 bits per heavy atom. The second kappa shape index (κ2) is 10.7. The maximum absolute atomic E-state index is 11.9. The lowest BCUT2D eigenvalue weighted by Gasteiger charge is -2.18. The van der Waals surface area contributed by atoms with Gasteiger partial charge in [-0.2, -0.15) is 0 Å². The number of H-pyrrole nitrogens is 1. The zero-order valence-electron chi connectivity index (χ0n) is 17.8. The van der Waals surface area contributed by atoms with Crippen LogP contribution < -0.4 is 4.74 Å². The Balaban J connectivity index is 2.00. The summed E-state index contributed by atoms with van der Waals surface area (Å²) in [6.45, 7) is 7.67. The zero-order valence-corrected chi connectivity index (χ0v) is 17.8. The number of carbonyl (C=O) groups excluding carboxylic acids is 1. The number of rotatable bonds is 11. The van der Waals surface area contributed by atoms with Crippen molar-refractivity contribution in [1.82, 2.24) is 9.97 Å². The maximum atomic E-state index is 11.9. The molecule has 1 heterocycles. The Labute approximate surface area is 176 Å². The standard InChI is InChI=1S/C22H29N3O5/c1-5-28-21(26)20-15(2)24-19(25-20)12-11-17(23)16-9-6-7-10-18(16)29-13-8-14-30-22(3,4)27/h6-7,9-12,23,27H,5,8,13-14H2,1-4H3,(H,24,25)/b12-11-,23-17?. The van der Waals surface area contributed by atoms with Crippen molar-refractivity contribution >= 4 is 17.8 Å². The molecule has 3 N–H and O–H groups in total. The minimum absolute atomic E-state index is 0.236. The molecular formula is C22H29N3O5. The van der Waals surface area contributed by atoms with Gasteiger partial charge >= 0.3 is 5.97 Å². The number of nitrogens with zero attached hydrogens (tertiary/aromatic N) is 1. The van der Waals surface area contributed by atoms with E-state index in [1.807, 2.05) is 12.1 Å². The minimum Gasteiger partial charge on any atom is -0.493 e. The van der Waals surface area contributed by atoms with Crippen LogP contribution in [0.25, 0.3) is 6.08 Å². The molecule has 0 fully saturated rings. The van der Waals surface area contributed by atoms with Crippen LogP contribution in [0.1, 0.15) is 54.8 Å². The third-order valence-electron chi connectivity index (χ3n) is 3.96. The van der Waals surface area contributed by atoms with Crippen molar-refractivity contribution in [3.05, 3.63) is 53.1 Å². The van der Waals surface area contributed by atoms with Gasteiger partial charge in [-0.25, -0.2) is 9.78 Å². The molecule has 0 bridgehead atoms. The molecule has 0 amide bonds. The predicted molar refractivity (Wildman–Crippen MR) is 114 cm³/mol. The Morgan fingerprint density at radius 1 is 1.30 bits per heavy atom. The summed E-state index contributed by atoms with van der Waals surface area (Å²) in [5, 5.41) is 17.9. The lowest BCUT2D eigenvalue weighted by atomic mass is 10.1. The van der Waals surface area contributed by atoms with Crippen LogP contribution in [0.15, 0.2) is 30.3 Å². The molecule has 0 saturated heterocycles. The van der Waals surface area contributed by atoms with Gasteiger partial charge in [0.05, 0.1) is 25.5 Å². The van der Waals surface area contributed by atoms with E-state index in [1.165, 1.54) is 0 Å². The van der Waals surface area contributed by atoms with Crippen LogP contribution in [0.3, 0.4) is 0 Å². The fourth-order valence-electron chi connectivity index (χ4n) is 2.59. The maximum Gasteiger partial charge on any atom is 0.358 e. The van der Waals surface area contributed by atoms with Crippen molar-refractivity contribution < 1.29 is 24.1 Å². The first-order chi connectivity index (χ1) is 14.2. The smallest absolute Gasteiger partial charge is 0.358 e. The van der Waals surface area contributed by atoms with Gasteiger partial charge in [-0.1, -0.05) is 12.1 Å². The summed E-state index contributed by atoms with van der Waals surface area (Å²) in [4.78, 5) is 19.1. The predicted octanol–water partition coefficient (Wildman–Crippen LogP) is 3.49. The molecule has 2 rings (SSSR count). The third kappa shape index (κ3) is 7.13. The molecule has 0 aliphatic rings. The lowest BCUT2D eigenvalue weighted by molar-refractivity contribution is -0.176. The Kier molecular flexibility index (Phi) is 8.32. The molecule has 8 nitrogen and oxygen atoms in total. The van der Waals surface area contributed by atoms with Crippen LogP contribution >= 0.6 is 0 Å². The Hall–Kier alpha value is -2.97. The summed E-state index contributed by atoms with van der Waals surface area (Å²) >= 11 is 0. The monoisotopic (exact) mass is 415 g/mol. The number of imidazole rings is 1. The van der Waals surface area contributed by atoms with Crippen LogP contribution in [0.2, 0.25) is 0 Å². The highest BCUT2D eigenvalue weighted by Gasteiger charge is 2.15. The number of allylic oxidation sites excluding steroid dienone is 1. The molecule has 8 heteroatoms. The lowest BCUT2D eigenvalue weighted by Crippen LogP contribution is -2.24. The number of esters is 1. The normalized spacial score (nSPS) is 11.6. The van der Waals surface area contributed by atoms with Crippen molar-refractivity contribution in [1.29, 1.82) is 5.41 Å². The summed E-state index contributed by atoms with van der Waals surface area (Å²) in [6, 6.07) is 7.26. The second-order valence-corrected chi connectivity index (χ2v) is 7.06. The molecule has 162 valence electrons. The molecule has 1 aromatic heterocycles. The molecule has 0 spiro atoms. The van der Waals surface area contributed by atoms with Gasteiger partial charge in [-0.05, 0) is 52.0 Å². The number of hydrogen-bond donors (Lipinski definition) is 3. The fraction of sp³-hybridized carbons (Fsp3) is 0.409. The van der Waals surface area contributed by atoms with Gasteiger partial charge < -0.3 is 29.7 Å². The molecule has 30 heavy (non-hydrogen) atoms. The van der Waals surface area contributed by atoms with Crippen molar-refractivity contribution in [3.8, 4) is 5.75 Å². The van der Waals surface area contributed by atoms with Gasteiger partial charge in [0.25, 0.3) is 0 Å². The van der Waals surface area contributed by atoms with Crippen molar-refractivity contribution in [2.45, 2.75) is 39.9 Å². The SMILES string of the molecule is CCOC(=O)c1nc(/C=C\C(=N)c2ccccc2OCCCOC(C)(C)O)[nH]c1C. The molecular weight excluding hydrogens is 386 g/mol. The van der Waals surface area contributed by atoms with Crippen LogP contribution in [0.4, 0.5) is 0 Å². The first-order valence-corrected chi connectivity index (χ1v) is 9.80. The highest BCUT2D eigenvalue weighted by Crippen LogP contribution is 2.20. The largest absolute Gasteiger partial charge is 0.493 e. The molecule has 0 radical (unpaired) electrons. The van der Waals surface area contributed by atoms with Gasteiger partial charge in [0.1, 0.15) is 11.6 Å². The van der Waals surface area contributed by atoms with E-state index < -0.39 is 11.8 Å². The molecule has 1 aromatic carbocycles. The van der Waals surface area contributed by atoms with E-state index in [1.54, 1.807) is 52.0 Å². The van der Waals surface area contributed by atoms with Crippen LogP contribution in [0.5, 0.6) is 5.75 Å². The number of aromatic amines is 1. The first kappa shape index (κ1) is 23.3. The summed E-state index contributed by atoms with van der Waals surface area (Å²) in [7, 11) is 0. The van der Waals surface area contributed by atoms with E-state index in [0.717, 1.165) is 0 Å². The van der Waals surface area contributed by atoms with E-state index in [0.29, 0.717) is 42.5 Å². The summed E-state index contributed by atoms with van der Waals surface area (Å²) in [5.41, 5.74) is 1.72. The molecule has 0 saturated carbocycles. The average Bonchev–Trinajstić information content (AvgIpc) is 3.06. The van der Waals surface area contributed by atoms with Crippen molar-refractivity contribution in [3.63, 3.8) is 0 Å². The summed E-state index contributed by atoms with van der Waals surface area (Å²) in [5.74, 6) is -0.601. The number of hydrogen-bond acceptors (Lipinski definition) is 7. The van der Waals surface area contributed by atoms with Crippen LogP contribution in [-0.4, -0.2) is 52.4 Å². The number of carbonyl (C=O) groups is 1.